The third-order valence-electron chi connectivity index (χ3n) is 6.76. The first-order valence-corrected chi connectivity index (χ1v) is 12.4. The SMILES string of the molecule is CN1[C@H]2CC[C@H]1CN(C(=O)C1(S(C)(=O)=O)CCN(C(=O)OC(C)(C)C)CC1)CC2. The number of hydrogen-bond acceptors (Lipinski definition) is 6. The number of carbonyl (C=O) groups is 2. The first kappa shape index (κ1) is 22.3. The predicted octanol–water partition coefficient (Wildman–Crippen LogP) is 1.50. The summed E-state index contributed by atoms with van der Waals surface area (Å²) in [5.74, 6) is -0.287. The van der Waals surface area contributed by atoms with E-state index in [1.165, 1.54) is 4.90 Å². The van der Waals surface area contributed by atoms with Gasteiger partial charge >= 0.3 is 6.09 Å². The van der Waals surface area contributed by atoms with Crippen LogP contribution >= 0.6 is 0 Å². The number of likely N-dealkylation sites (N-methyl/N-ethyl adjacent to an activating group) is 1. The van der Waals surface area contributed by atoms with Crippen LogP contribution in [0.2, 0.25) is 0 Å². The summed E-state index contributed by atoms with van der Waals surface area (Å²) in [6.07, 6.45) is 4.00. The topological polar surface area (TPSA) is 87.2 Å². The average molecular weight is 430 g/mol. The van der Waals surface area contributed by atoms with Crippen molar-refractivity contribution in [3.63, 3.8) is 0 Å². The fourth-order valence-electron chi connectivity index (χ4n) is 4.90. The maximum Gasteiger partial charge on any atom is 0.410 e. The molecule has 3 saturated heterocycles. The van der Waals surface area contributed by atoms with Crippen LogP contribution in [0.4, 0.5) is 4.79 Å². The van der Waals surface area contributed by atoms with E-state index >= 15 is 0 Å². The summed E-state index contributed by atoms with van der Waals surface area (Å²) in [6.45, 7) is 6.97. The summed E-state index contributed by atoms with van der Waals surface area (Å²) in [5, 5.41) is 0. The highest BCUT2D eigenvalue weighted by molar-refractivity contribution is 7.92. The Bertz CT molecular complexity index is 753. The molecule has 3 aliphatic rings. The second kappa shape index (κ2) is 7.72. The Labute approximate surface area is 174 Å². The lowest BCUT2D eigenvalue weighted by Gasteiger charge is -2.42. The second-order valence-electron chi connectivity index (χ2n) is 9.82. The van der Waals surface area contributed by atoms with Crippen LogP contribution in [-0.4, -0.2) is 97.0 Å². The van der Waals surface area contributed by atoms with E-state index in [1.807, 2.05) is 0 Å². The molecule has 0 saturated carbocycles. The molecular formula is C20H35N3O5S. The summed E-state index contributed by atoms with van der Waals surface area (Å²) in [4.78, 5) is 31.5. The van der Waals surface area contributed by atoms with E-state index in [9.17, 15) is 18.0 Å². The minimum atomic E-state index is -3.64. The van der Waals surface area contributed by atoms with Crippen LogP contribution in [0, 0.1) is 0 Å². The van der Waals surface area contributed by atoms with Gasteiger partial charge in [0, 0.05) is 44.5 Å². The Hall–Kier alpha value is -1.35. The van der Waals surface area contributed by atoms with Crippen molar-refractivity contribution in [2.24, 2.45) is 0 Å². The van der Waals surface area contributed by atoms with Crippen LogP contribution < -0.4 is 0 Å². The Morgan fingerprint density at radius 3 is 2.10 bits per heavy atom. The van der Waals surface area contributed by atoms with Crippen molar-refractivity contribution in [3.05, 3.63) is 0 Å². The summed E-state index contributed by atoms with van der Waals surface area (Å²) in [5.41, 5.74) is -0.615. The van der Waals surface area contributed by atoms with E-state index in [0.29, 0.717) is 25.2 Å². The molecule has 0 radical (unpaired) electrons. The van der Waals surface area contributed by atoms with Crippen molar-refractivity contribution in [1.82, 2.24) is 14.7 Å². The lowest BCUT2D eigenvalue weighted by atomic mass is 9.93. The number of ether oxygens (including phenoxy) is 1. The predicted molar refractivity (Wildman–Crippen MR) is 110 cm³/mol. The maximum absolute atomic E-state index is 13.6. The van der Waals surface area contributed by atoms with E-state index < -0.39 is 26.3 Å². The molecule has 9 heteroatoms. The molecule has 3 rings (SSSR count). The van der Waals surface area contributed by atoms with Crippen molar-refractivity contribution in [2.45, 2.75) is 75.3 Å². The molecule has 0 aliphatic carbocycles. The number of nitrogens with zero attached hydrogens (tertiary/aromatic N) is 3. The minimum Gasteiger partial charge on any atom is -0.444 e. The zero-order valence-electron chi connectivity index (χ0n) is 18.3. The number of piperidine rings is 1. The van der Waals surface area contributed by atoms with Crippen LogP contribution in [0.25, 0.3) is 0 Å². The van der Waals surface area contributed by atoms with Crippen molar-refractivity contribution in [1.29, 1.82) is 0 Å². The lowest BCUT2D eigenvalue weighted by Crippen LogP contribution is -2.60. The first-order chi connectivity index (χ1) is 13.3. The number of rotatable bonds is 2. The van der Waals surface area contributed by atoms with Gasteiger partial charge in [-0.2, -0.15) is 0 Å². The fraction of sp³-hybridized carbons (Fsp3) is 0.900. The lowest BCUT2D eigenvalue weighted by molar-refractivity contribution is -0.135. The molecule has 0 spiro atoms. The second-order valence-corrected chi connectivity index (χ2v) is 12.1. The van der Waals surface area contributed by atoms with Crippen molar-refractivity contribution in [3.8, 4) is 0 Å². The number of likely N-dealkylation sites (tertiary alicyclic amines) is 2. The molecule has 8 nitrogen and oxygen atoms in total. The van der Waals surface area contributed by atoms with Crippen LogP contribution in [-0.2, 0) is 19.4 Å². The van der Waals surface area contributed by atoms with Gasteiger partial charge in [0.15, 0.2) is 14.6 Å². The highest BCUT2D eigenvalue weighted by Gasteiger charge is 2.53. The van der Waals surface area contributed by atoms with E-state index in [4.69, 9.17) is 4.74 Å². The molecule has 3 heterocycles. The standard InChI is InChI=1S/C20H35N3O5S/c1-19(2,3)28-18(25)22-12-9-20(10-13-22,29(5,26)27)17(24)23-11-8-15-6-7-16(14-23)21(15)4/h15-16H,6-14H2,1-5H3/t15-,16-/m0/s1. The van der Waals surface area contributed by atoms with Crippen LogP contribution in [0.5, 0.6) is 0 Å². The van der Waals surface area contributed by atoms with Gasteiger partial charge in [0.1, 0.15) is 5.60 Å². The molecule has 0 aromatic rings. The van der Waals surface area contributed by atoms with Crippen molar-refractivity contribution < 1.29 is 22.7 Å². The Morgan fingerprint density at radius 2 is 1.55 bits per heavy atom. The van der Waals surface area contributed by atoms with Gasteiger partial charge < -0.3 is 14.5 Å². The zero-order chi connectivity index (χ0) is 21.6. The molecule has 3 fully saturated rings. The van der Waals surface area contributed by atoms with Crippen LogP contribution in [0.1, 0.15) is 52.9 Å². The highest BCUT2D eigenvalue weighted by Crippen LogP contribution is 2.35. The molecular weight excluding hydrogens is 394 g/mol. The van der Waals surface area contributed by atoms with E-state index in [2.05, 4.69) is 11.9 Å². The van der Waals surface area contributed by atoms with Gasteiger partial charge in [-0.25, -0.2) is 13.2 Å². The number of sulfone groups is 1. The van der Waals surface area contributed by atoms with Gasteiger partial charge in [-0.05, 0) is 59.9 Å². The molecule has 29 heavy (non-hydrogen) atoms. The summed E-state index contributed by atoms with van der Waals surface area (Å²) >= 11 is 0. The normalized spacial score (nSPS) is 28.2. The van der Waals surface area contributed by atoms with E-state index in [1.54, 1.807) is 25.7 Å². The monoisotopic (exact) mass is 429 g/mol. The molecule has 2 atom stereocenters. The molecule has 0 unspecified atom stereocenters. The molecule has 0 aromatic carbocycles. The number of amides is 2. The molecule has 0 aromatic heterocycles. The summed E-state index contributed by atoms with van der Waals surface area (Å²) in [7, 11) is -1.54. The molecule has 2 amide bonds. The van der Waals surface area contributed by atoms with Crippen molar-refractivity contribution >= 4 is 21.8 Å². The minimum absolute atomic E-state index is 0.115. The highest BCUT2D eigenvalue weighted by atomic mass is 32.2. The summed E-state index contributed by atoms with van der Waals surface area (Å²) < 4.78 is 29.6. The van der Waals surface area contributed by atoms with Gasteiger partial charge in [0.2, 0.25) is 5.91 Å². The molecule has 166 valence electrons. The summed E-state index contributed by atoms with van der Waals surface area (Å²) in [6, 6.07) is 0.769. The van der Waals surface area contributed by atoms with E-state index in [-0.39, 0.29) is 31.8 Å². The Kier molecular flexibility index (Phi) is 5.95. The van der Waals surface area contributed by atoms with Gasteiger partial charge in [-0.1, -0.05) is 0 Å². The Balaban J connectivity index is 1.75. The van der Waals surface area contributed by atoms with Gasteiger partial charge in [-0.3, -0.25) is 9.69 Å². The Morgan fingerprint density at radius 1 is 0.966 bits per heavy atom. The van der Waals surface area contributed by atoms with E-state index in [0.717, 1.165) is 25.5 Å². The van der Waals surface area contributed by atoms with Gasteiger partial charge in [-0.15, -0.1) is 0 Å². The van der Waals surface area contributed by atoms with Crippen LogP contribution in [0.3, 0.4) is 0 Å². The fourth-order valence-corrected chi connectivity index (χ4v) is 6.27. The largest absolute Gasteiger partial charge is 0.444 e. The van der Waals surface area contributed by atoms with Crippen molar-refractivity contribution in [2.75, 3.05) is 39.5 Å². The quantitative estimate of drug-likeness (QED) is 0.661. The van der Waals surface area contributed by atoms with Crippen LogP contribution in [0.15, 0.2) is 0 Å². The number of carbonyl (C=O) groups excluding carboxylic acids is 2. The first-order valence-electron chi connectivity index (χ1n) is 10.5. The molecule has 2 bridgehead atoms. The molecule has 3 aliphatic heterocycles. The third kappa shape index (κ3) is 4.40. The van der Waals surface area contributed by atoms with Gasteiger partial charge in [0.05, 0.1) is 0 Å². The van der Waals surface area contributed by atoms with Gasteiger partial charge in [0.25, 0.3) is 0 Å². The molecule has 0 N–H and O–H groups in total. The zero-order valence-corrected chi connectivity index (χ0v) is 19.1. The average Bonchev–Trinajstić information content (AvgIpc) is 2.84. The number of fused-ring (bicyclic) bond motifs is 2. The third-order valence-corrected chi connectivity index (χ3v) is 8.76. The number of hydrogen-bond donors (Lipinski definition) is 0. The smallest absolute Gasteiger partial charge is 0.410 e. The maximum atomic E-state index is 13.6.